The Labute approximate surface area is 245 Å². The third-order valence-corrected chi connectivity index (χ3v) is 9.22. The van der Waals surface area contributed by atoms with Crippen molar-refractivity contribution in [1.29, 1.82) is 10.5 Å². The molecule has 3 nitrogen and oxygen atoms in total. The van der Waals surface area contributed by atoms with E-state index in [9.17, 15) is 10.5 Å². The molecule has 0 radical (unpaired) electrons. The van der Waals surface area contributed by atoms with Crippen molar-refractivity contribution >= 4 is 53.4 Å². The number of rotatable bonds is 3. The highest BCUT2D eigenvalue weighted by Crippen LogP contribution is 2.45. The lowest BCUT2D eigenvalue weighted by Gasteiger charge is -2.16. The van der Waals surface area contributed by atoms with Gasteiger partial charge >= 0.3 is 0 Å². The van der Waals surface area contributed by atoms with Gasteiger partial charge in [0, 0.05) is 47.6 Å². The summed E-state index contributed by atoms with van der Waals surface area (Å²) in [6.45, 7) is 0. The largest absolute Gasteiger partial charge is 0.456 e. The molecule has 8 rings (SSSR count). The Hall–Kier alpha value is -5.68. The molecule has 6 aromatic carbocycles. The van der Waals surface area contributed by atoms with Crippen molar-refractivity contribution in [2.24, 2.45) is 0 Å². The zero-order chi connectivity index (χ0) is 28.2. The lowest BCUT2D eigenvalue weighted by molar-refractivity contribution is 0.669. The summed E-state index contributed by atoms with van der Waals surface area (Å²) >= 11 is 1.78. The fourth-order valence-electron chi connectivity index (χ4n) is 6.13. The second kappa shape index (κ2) is 9.46. The van der Waals surface area contributed by atoms with Gasteiger partial charge in [0.25, 0.3) is 0 Å². The predicted octanol–water partition coefficient (Wildman–Crippen LogP) is 10.7. The topological polar surface area (TPSA) is 60.7 Å². The van der Waals surface area contributed by atoms with Gasteiger partial charge in [0.1, 0.15) is 17.2 Å². The summed E-state index contributed by atoms with van der Waals surface area (Å²) in [6.07, 6.45) is 0. The van der Waals surface area contributed by atoms with Crippen LogP contribution in [-0.2, 0) is 0 Å². The van der Waals surface area contributed by atoms with Gasteiger partial charge in [0.2, 0.25) is 0 Å². The summed E-state index contributed by atoms with van der Waals surface area (Å²) in [7, 11) is 0. The van der Waals surface area contributed by atoms with Gasteiger partial charge in [-0.2, -0.15) is 10.5 Å². The molecule has 2 aromatic heterocycles. The van der Waals surface area contributed by atoms with Gasteiger partial charge in [-0.3, -0.25) is 0 Å². The van der Waals surface area contributed by atoms with Crippen molar-refractivity contribution in [3.05, 3.63) is 132 Å². The fraction of sp³-hybridized carbons (Fsp3) is 0. The van der Waals surface area contributed by atoms with Crippen molar-refractivity contribution in [3.63, 3.8) is 0 Å². The number of para-hydroxylation sites is 1. The molecular formula is C38H20N2OS. The first kappa shape index (κ1) is 24.1. The van der Waals surface area contributed by atoms with Gasteiger partial charge < -0.3 is 4.42 Å². The van der Waals surface area contributed by atoms with Crippen LogP contribution in [0.2, 0.25) is 0 Å². The molecule has 0 aliphatic carbocycles. The van der Waals surface area contributed by atoms with Gasteiger partial charge in [0.15, 0.2) is 0 Å². The summed E-state index contributed by atoms with van der Waals surface area (Å²) < 4.78 is 8.65. The summed E-state index contributed by atoms with van der Waals surface area (Å²) in [5.74, 6) is 0. The second-order valence-corrected chi connectivity index (χ2v) is 11.3. The minimum absolute atomic E-state index is 0.530. The van der Waals surface area contributed by atoms with E-state index in [-0.39, 0.29) is 0 Å². The molecule has 0 saturated carbocycles. The first-order valence-corrected chi connectivity index (χ1v) is 14.5. The monoisotopic (exact) mass is 552 g/mol. The van der Waals surface area contributed by atoms with Gasteiger partial charge in [-0.25, -0.2) is 0 Å². The standard InChI is InChI=1S/C38H20N2OS/c39-21-23-9-1-2-10-25(23)31-19-24(26-13-7-15-29-27-11-4-6-18-36(27)42-38(26)29)20-32(33(31)22-40)28-14-8-17-35-37(28)30-12-3-5-16-34(30)41-35/h1-20H. The van der Waals surface area contributed by atoms with E-state index in [1.54, 1.807) is 17.4 Å². The Bertz CT molecular complexity index is 2450. The van der Waals surface area contributed by atoms with E-state index in [1.165, 1.54) is 20.2 Å². The smallest absolute Gasteiger partial charge is 0.136 e. The zero-order valence-electron chi connectivity index (χ0n) is 22.3. The Kier molecular flexibility index (Phi) is 5.44. The quantitative estimate of drug-likeness (QED) is 0.219. The molecule has 8 aromatic rings. The molecule has 0 saturated heterocycles. The number of nitriles is 2. The maximum absolute atomic E-state index is 10.7. The number of nitrogens with zero attached hydrogens (tertiary/aromatic N) is 2. The van der Waals surface area contributed by atoms with Crippen LogP contribution in [0, 0.1) is 22.7 Å². The molecule has 194 valence electrons. The number of thiophene rings is 1. The fourth-order valence-corrected chi connectivity index (χ4v) is 7.37. The third-order valence-electron chi connectivity index (χ3n) is 8.00. The molecule has 0 N–H and O–H groups in total. The van der Waals surface area contributed by atoms with Crippen LogP contribution in [0.4, 0.5) is 0 Å². The first-order chi connectivity index (χ1) is 20.7. The Morgan fingerprint density at radius 3 is 2.02 bits per heavy atom. The number of hydrogen-bond donors (Lipinski definition) is 0. The van der Waals surface area contributed by atoms with Crippen molar-refractivity contribution in [2.45, 2.75) is 0 Å². The minimum Gasteiger partial charge on any atom is -0.456 e. The Morgan fingerprint density at radius 2 is 1.17 bits per heavy atom. The van der Waals surface area contributed by atoms with Crippen LogP contribution in [0.3, 0.4) is 0 Å². The maximum atomic E-state index is 10.7. The minimum atomic E-state index is 0.530. The van der Waals surface area contributed by atoms with E-state index in [1.807, 2.05) is 48.5 Å². The highest BCUT2D eigenvalue weighted by molar-refractivity contribution is 7.26. The molecule has 0 aliphatic rings. The molecule has 4 heteroatoms. The van der Waals surface area contributed by atoms with Crippen LogP contribution in [0.5, 0.6) is 0 Å². The molecule has 0 aliphatic heterocycles. The molecule has 42 heavy (non-hydrogen) atoms. The van der Waals surface area contributed by atoms with E-state index in [2.05, 4.69) is 78.9 Å². The summed E-state index contributed by atoms with van der Waals surface area (Å²) in [5.41, 5.74) is 7.95. The van der Waals surface area contributed by atoms with Crippen LogP contribution in [-0.4, -0.2) is 0 Å². The molecule has 0 atom stereocenters. The molecule has 0 unspecified atom stereocenters. The van der Waals surface area contributed by atoms with Gasteiger partial charge in [0.05, 0.1) is 17.2 Å². The van der Waals surface area contributed by atoms with Crippen LogP contribution in [0.1, 0.15) is 11.1 Å². The Balaban J connectivity index is 1.51. The van der Waals surface area contributed by atoms with Crippen molar-refractivity contribution in [3.8, 4) is 45.5 Å². The highest BCUT2D eigenvalue weighted by atomic mass is 32.1. The second-order valence-electron chi connectivity index (χ2n) is 10.3. The zero-order valence-corrected chi connectivity index (χ0v) is 23.1. The highest BCUT2D eigenvalue weighted by Gasteiger charge is 2.21. The maximum Gasteiger partial charge on any atom is 0.136 e. The van der Waals surface area contributed by atoms with Crippen LogP contribution >= 0.6 is 11.3 Å². The number of benzene rings is 6. The van der Waals surface area contributed by atoms with E-state index in [0.717, 1.165) is 55.3 Å². The average Bonchev–Trinajstić information content (AvgIpc) is 3.62. The number of hydrogen-bond acceptors (Lipinski definition) is 4. The SMILES string of the molecule is N#Cc1ccccc1-c1cc(-c2cccc3c2sc2ccccc23)cc(-c2cccc3oc4ccccc4c23)c1C#N. The summed E-state index contributed by atoms with van der Waals surface area (Å²) in [5, 5.41) is 25.1. The van der Waals surface area contributed by atoms with E-state index in [4.69, 9.17) is 4.42 Å². The summed E-state index contributed by atoms with van der Waals surface area (Å²) in [4.78, 5) is 0. The van der Waals surface area contributed by atoms with Gasteiger partial charge in [-0.1, -0.05) is 84.9 Å². The van der Waals surface area contributed by atoms with E-state index in [0.29, 0.717) is 11.1 Å². The van der Waals surface area contributed by atoms with Gasteiger partial charge in [-0.05, 0) is 53.1 Å². The molecule has 0 fully saturated rings. The molecule has 0 amide bonds. The molecule has 0 bridgehead atoms. The molecule has 0 spiro atoms. The Morgan fingerprint density at radius 1 is 0.524 bits per heavy atom. The predicted molar refractivity (Wildman–Crippen MR) is 172 cm³/mol. The number of furan rings is 1. The number of fused-ring (bicyclic) bond motifs is 6. The van der Waals surface area contributed by atoms with Crippen molar-refractivity contribution in [1.82, 2.24) is 0 Å². The molecular weight excluding hydrogens is 532 g/mol. The average molecular weight is 553 g/mol. The van der Waals surface area contributed by atoms with Crippen LogP contribution in [0.25, 0.3) is 75.5 Å². The van der Waals surface area contributed by atoms with Crippen LogP contribution in [0.15, 0.2) is 126 Å². The normalized spacial score (nSPS) is 11.3. The van der Waals surface area contributed by atoms with E-state index >= 15 is 0 Å². The van der Waals surface area contributed by atoms with Crippen molar-refractivity contribution in [2.75, 3.05) is 0 Å². The first-order valence-electron chi connectivity index (χ1n) is 13.6. The van der Waals surface area contributed by atoms with E-state index < -0.39 is 0 Å². The van der Waals surface area contributed by atoms with Crippen LogP contribution < -0.4 is 0 Å². The lowest BCUT2D eigenvalue weighted by Crippen LogP contribution is -1.95. The third kappa shape index (κ3) is 3.57. The molecule has 2 heterocycles. The summed E-state index contributed by atoms with van der Waals surface area (Å²) in [6, 6.07) is 45.5. The van der Waals surface area contributed by atoms with Gasteiger partial charge in [-0.15, -0.1) is 11.3 Å². The lowest BCUT2D eigenvalue weighted by atomic mass is 9.86. The van der Waals surface area contributed by atoms with Crippen molar-refractivity contribution < 1.29 is 4.42 Å².